The first-order valence-corrected chi connectivity index (χ1v) is 7.62. The predicted molar refractivity (Wildman–Crippen MR) is 91.6 cm³/mol. The molecule has 122 valence electrons. The highest BCUT2D eigenvalue weighted by Crippen LogP contribution is 2.22. The summed E-state index contributed by atoms with van der Waals surface area (Å²) in [5, 5.41) is 3.79. The second kappa shape index (κ2) is 6.66. The number of rotatable bonds is 4. The van der Waals surface area contributed by atoms with E-state index in [9.17, 15) is 9.18 Å². The van der Waals surface area contributed by atoms with Crippen LogP contribution in [0.15, 0.2) is 54.6 Å². The van der Waals surface area contributed by atoms with Gasteiger partial charge in [-0.15, -0.1) is 0 Å². The van der Waals surface area contributed by atoms with E-state index in [4.69, 9.17) is 4.74 Å². The fourth-order valence-corrected chi connectivity index (χ4v) is 2.35. The summed E-state index contributed by atoms with van der Waals surface area (Å²) in [5.74, 6) is -0.210. The molecule has 24 heavy (non-hydrogen) atoms. The van der Waals surface area contributed by atoms with Gasteiger partial charge in [0.2, 0.25) is 0 Å². The van der Waals surface area contributed by atoms with Gasteiger partial charge in [-0.25, -0.2) is 4.39 Å². The number of aromatic nitrogens is 1. The van der Waals surface area contributed by atoms with E-state index in [2.05, 4.69) is 10.3 Å². The first-order chi connectivity index (χ1) is 11.5. The number of aryl methyl sites for hydroxylation is 1. The maximum absolute atomic E-state index is 12.9. The minimum atomic E-state index is -0.726. The molecule has 1 heterocycles. The van der Waals surface area contributed by atoms with Gasteiger partial charge < -0.3 is 10.1 Å². The van der Waals surface area contributed by atoms with Gasteiger partial charge in [-0.05, 0) is 50.2 Å². The maximum Gasteiger partial charge on any atom is 0.265 e. The number of nitrogens with one attached hydrogen (secondary N) is 1. The monoisotopic (exact) mass is 324 g/mol. The quantitative estimate of drug-likeness (QED) is 0.786. The molecule has 3 rings (SSSR count). The Labute approximate surface area is 139 Å². The Bertz CT molecular complexity index is 878. The van der Waals surface area contributed by atoms with Crippen molar-refractivity contribution in [3.05, 3.63) is 66.1 Å². The maximum atomic E-state index is 12.9. The van der Waals surface area contributed by atoms with Crippen molar-refractivity contribution in [3.8, 4) is 5.75 Å². The number of para-hydroxylation sites is 1. The number of carbonyl (C=O) groups is 1. The molecule has 1 N–H and O–H groups in total. The topological polar surface area (TPSA) is 51.2 Å². The average molecular weight is 324 g/mol. The second-order valence-corrected chi connectivity index (χ2v) is 5.53. The van der Waals surface area contributed by atoms with Crippen LogP contribution in [-0.4, -0.2) is 17.0 Å². The SMILES string of the molecule is Cc1ccc2cccc(NC(=O)[C@@H](C)Oc3ccc(F)cc3)c2n1. The van der Waals surface area contributed by atoms with Crippen molar-refractivity contribution < 1.29 is 13.9 Å². The molecule has 5 heteroatoms. The van der Waals surface area contributed by atoms with Gasteiger partial charge >= 0.3 is 0 Å². The van der Waals surface area contributed by atoms with Gasteiger partial charge in [-0.1, -0.05) is 18.2 Å². The molecule has 0 aliphatic rings. The van der Waals surface area contributed by atoms with Crippen LogP contribution in [0.4, 0.5) is 10.1 Å². The third-order valence-corrected chi connectivity index (χ3v) is 3.61. The number of hydrogen-bond acceptors (Lipinski definition) is 3. The van der Waals surface area contributed by atoms with Crippen LogP contribution in [0.25, 0.3) is 10.9 Å². The predicted octanol–water partition coefficient (Wildman–Crippen LogP) is 4.09. The summed E-state index contributed by atoms with van der Waals surface area (Å²) in [6.45, 7) is 3.54. The summed E-state index contributed by atoms with van der Waals surface area (Å²) in [5.41, 5.74) is 2.25. The molecule has 4 nitrogen and oxygen atoms in total. The number of carbonyl (C=O) groups excluding carboxylic acids is 1. The number of pyridine rings is 1. The zero-order chi connectivity index (χ0) is 17.1. The number of halogens is 1. The van der Waals surface area contributed by atoms with Crippen molar-refractivity contribution >= 4 is 22.5 Å². The molecule has 0 aliphatic heterocycles. The fraction of sp³-hybridized carbons (Fsp3) is 0.158. The molecule has 1 aromatic heterocycles. The average Bonchev–Trinajstić information content (AvgIpc) is 2.57. The van der Waals surface area contributed by atoms with E-state index < -0.39 is 6.10 Å². The first-order valence-electron chi connectivity index (χ1n) is 7.62. The van der Waals surface area contributed by atoms with Gasteiger partial charge in [0.05, 0.1) is 11.2 Å². The van der Waals surface area contributed by atoms with Gasteiger partial charge in [0.15, 0.2) is 6.10 Å². The van der Waals surface area contributed by atoms with Crippen LogP contribution in [0, 0.1) is 12.7 Å². The van der Waals surface area contributed by atoms with Crippen LogP contribution >= 0.6 is 0 Å². The first kappa shape index (κ1) is 15.9. The Morgan fingerprint density at radius 1 is 1.12 bits per heavy atom. The van der Waals surface area contributed by atoms with E-state index in [1.54, 1.807) is 13.0 Å². The van der Waals surface area contributed by atoms with Gasteiger partial charge in [-0.3, -0.25) is 9.78 Å². The third kappa shape index (κ3) is 3.51. The molecular weight excluding hydrogens is 307 g/mol. The van der Waals surface area contributed by atoms with E-state index in [1.165, 1.54) is 24.3 Å². The smallest absolute Gasteiger partial charge is 0.265 e. The lowest BCUT2D eigenvalue weighted by atomic mass is 10.1. The van der Waals surface area contributed by atoms with Crippen LogP contribution < -0.4 is 10.1 Å². The van der Waals surface area contributed by atoms with Crippen LogP contribution in [0.5, 0.6) is 5.75 Å². The number of ether oxygens (including phenoxy) is 1. The molecule has 0 saturated carbocycles. The van der Waals surface area contributed by atoms with Crippen LogP contribution in [0.1, 0.15) is 12.6 Å². The zero-order valence-electron chi connectivity index (χ0n) is 13.4. The summed E-state index contributed by atoms with van der Waals surface area (Å²) in [6, 6.07) is 15.0. The summed E-state index contributed by atoms with van der Waals surface area (Å²) >= 11 is 0. The Balaban J connectivity index is 1.76. The summed E-state index contributed by atoms with van der Waals surface area (Å²) in [6.07, 6.45) is -0.726. The molecule has 3 aromatic rings. The van der Waals surface area contributed by atoms with Gasteiger partial charge in [0.1, 0.15) is 11.6 Å². The Morgan fingerprint density at radius 2 is 1.88 bits per heavy atom. The molecular formula is C19H17FN2O2. The zero-order valence-corrected chi connectivity index (χ0v) is 13.4. The number of hydrogen-bond donors (Lipinski definition) is 1. The highest BCUT2D eigenvalue weighted by atomic mass is 19.1. The van der Waals surface area contributed by atoms with Gasteiger partial charge in [0.25, 0.3) is 5.91 Å². The molecule has 2 aromatic carbocycles. The van der Waals surface area contributed by atoms with E-state index in [0.29, 0.717) is 11.4 Å². The van der Waals surface area contributed by atoms with Gasteiger partial charge in [0, 0.05) is 11.1 Å². The van der Waals surface area contributed by atoms with Crippen LogP contribution in [0.2, 0.25) is 0 Å². The Kier molecular flexibility index (Phi) is 4.42. The van der Waals surface area contributed by atoms with Crippen molar-refractivity contribution in [1.29, 1.82) is 0 Å². The highest BCUT2D eigenvalue weighted by Gasteiger charge is 2.16. The highest BCUT2D eigenvalue weighted by molar-refractivity contribution is 6.01. The van der Waals surface area contributed by atoms with E-state index in [-0.39, 0.29) is 11.7 Å². The molecule has 0 aliphatic carbocycles. The second-order valence-electron chi connectivity index (χ2n) is 5.53. The van der Waals surface area contributed by atoms with E-state index in [1.807, 2.05) is 31.2 Å². The summed E-state index contributed by atoms with van der Waals surface area (Å²) in [4.78, 5) is 16.9. The third-order valence-electron chi connectivity index (χ3n) is 3.61. The van der Waals surface area contributed by atoms with Crippen molar-refractivity contribution in [2.24, 2.45) is 0 Å². The number of nitrogens with zero attached hydrogens (tertiary/aromatic N) is 1. The molecule has 0 saturated heterocycles. The number of amides is 1. The molecule has 1 atom stereocenters. The lowest BCUT2D eigenvalue weighted by Crippen LogP contribution is -2.30. The molecule has 0 bridgehead atoms. The molecule has 0 fully saturated rings. The molecule has 1 amide bonds. The summed E-state index contributed by atoms with van der Waals surface area (Å²) in [7, 11) is 0. The number of benzene rings is 2. The van der Waals surface area contributed by atoms with Crippen LogP contribution in [-0.2, 0) is 4.79 Å². The minimum absolute atomic E-state index is 0.296. The number of anilines is 1. The van der Waals surface area contributed by atoms with Gasteiger partial charge in [-0.2, -0.15) is 0 Å². The lowest BCUT2D eigenvalue weighted by molar-refractivity contribution is -0.122. The van der Waals surface area contributed by atoms with Crippen molar-refractivity contribution in [2.45, 2.75) is 20.0 Å². The Hall–Kier alpha value is -2.95. The standard InChI is InChI=1S/C19H17FN2O2/c1-12-6-7-14-4-3-5-17(18(14)21-12)22-19(23)13(2)24-16-10-8-15(20)9-11-16/h3-11,13H,1-2H3,(H,22,23)/t13-/m1/s1. The Morgan fingerprint density at radius 3 is 2.62 bits per heavy atom. The van der Waals surface area contributed by atoms with Crippen LogP contribution in [0.3, 0.4) is 0 Å². The molecule has 0 radical (unpaired) electrons. The van der Waals surface area contributed by atoms with Crippen molar-refractivity contribution in [3.63, 3.8) is 0 Å². The molecule has 0 spiro atoms. The molecule has 0 unspecified atom stereocenters. The summed E-state index contributed by atoms with van der Waals surface area (Å²) < 4.78 is 18.4. The lowest BCUT2D eigenvalue weighted by Gasteiger charge is -2.15. The van der Waals surface area contributed by atoms with E-state index >= 15 is 0 Å². The fourth-order valence-electron chi connectivity index (χ4n) is 2.35. The number of fused-ring (bicyclic) bond motifs is 1. The van der Waals surface area contributed by atoms with E-state index in [0.717, 1.165) is 16.6 Å². The van der Waals surface area contributed by atoms with Crippen molar-refractivity contribution in [1.82, 2.24) is 4.98 Å². The van der Waals surface area contributed by atoms with Crippen molar-refractivity contribution in [2.75, 3.05) is 5.32 Å². The normalized spacial score (nSPS) is 12.0. The largest absolute Gasteiger partial charge is 0.481 e. The minimum Gasteiger partial charge on any atom is -0.481 e.